The number of halogens is 1. The number of imidazole rings is 1. The Morgan fingerprint density at radius 2 is 2.06 bits per heavy atom. The van der Waals surface area contributed by atoms with Gasteiger partial charge in [-0.3, -0.25) is 9.48 Å². The number of hydrogen-bond acceptors (Lipinski definition) is 5. The van der Waals surface area contributed by atoms with Gasteiger partial charge >= 0.3 is 0 Å². The predicted molar refractivity (Wildman–Crippen MR) is 124 cm³/mol. The van der Waals surface area contributed by atoms with Gasteiger partial charge in [-0.25, -0.2) is 14.4 Å². The third kappa shape index (κ3) is 3.81. The highest BCUT2D eigenvalue weighted by atomic mass is 19.1. The molecule has 1 aromatic carbocycles. The summed E-state index contributed by atoms with van der Waals surface area (Å²) in [5.74, 6) is 0.298. The van der Waals surface area contributed by atoms with Gasteiger partial charge in [0.25, 0.3) is 5.91 Å². The second-order valence-electron chi connectivity index (χ2n) is 8.73. The maximum absolute atomic E-state index is 14.9. The molecule has 1 aliphatic rings. The van der Waals surface area contributed by atoms with E-state index >= 15 is 0 Å². The summed E-state index contributed by atoms with van der Waals surface area (Å²) in [6, 6.07) is 6.82. The van der Waals surface area contributed by atoms with Crippen LogP contribution in [-0.4, -0.2) is 30.2 Å². The van der Waals surface area contributed by atoms with Crippen LogP contribution in [0, 0.1) is 17.1 Å². The molecule has 0 aliphatic heterocycles. The fraction of sp³-hybridized carbons (Fsp3) is 0.320. The molecule has 1 N–H and O–H groups in total. The van der Waals surface area contributed by atoms with Crippen molar-refractivity contribution in [1.29, 1.82) is 5.26 Å². The molecule has 0 radical (unpaired) electrons. The monoisotopic (exact) mass is 457 g/mol. The molecule has 3 heterocycles. The average Bonchev–Trinajstić information content (AvgIpc) is 3.59. The van der Waals surface area contributed by atoms with Crippen molar-refractivity contribution in [3.63, 3.8) is 0 Å². The lowest BCUT2D eigenvalue weighted by Crippen LogP contribution is -2.25. The van der Waals surface area contributed by atoms with Crippen molar-refractivity contribution in [1.82, 2.24) is 29.6 Å². The molecule has 0 spiro atoms. The van der Waals surface area contributed by atoms with Gasteiger partial charge in [0.15, 0.2) is 5.69 Å². The Morgan fingerprint density at radius 3 is 2.76 bits per heavy atom. The molecule has 1 fully saturated rings. The van der Waals surface area contributed by atoms with Crippen molar-refractivity contribution in [2.75, 3.05) is 0 Å². The Kier molecular flexibility index (Phi) is 5.57. The summed E-state index contributed by atoms with van der Waals surface area (Å²) < 4.78 is 18.5. The van der Waals surface area contributed by atoms with E-state index in [1.807, 2.05) is 17.7 Å². The maximum atomic E-state index is 14.9. The zero-order chi connectivity index (χ0) is 23.8. The Morgan fingerprint density at radius 1 is 1.26 bits per heavy atom. The van der Waals surface area contributed by atoms with E-state index in [2.05, 4.69) is 15.4 Å². The minimum absolute atomic E-state index is 0.0845. The number of benzene rings is 1. The van der Waals surface area contributed by atoms with Gasteiger partial charge in [-0.2, -0.15) is 10.4 Å². The smallest absolute Gasteiger partial charge is 0.272 e. The van der Waals surface area contributed by atoms with Crippen LogP contribution < -0.4 is 5.32 Å². The third-order valence-electron chi connectivity index (χ3n) is 6.50. The third-order valence-corrected chi connectivity index (χ3v) is 6.50. The summed E-state index contributed by atoms with van der Waals surface area (Å²) in [5, 5.41) is 16.3. The lowest BCUT2D eigenvalue weighted by atomic mass is 10.0. The SMILES string of the molecule is Cn1cc(-c2cc(C#N)c(F)c(CNC(=O)c3nccc4nc(C5CCCC5)n(C)c34)c2)cn1. The average molecular weight is 458 g/mol. The second kappa shape index (κ2) is 8.71. The molecule has 9 heteroatoms. The lowest BCUT2D eigenvalue weighted by Gasteiger charge is -2.11. The molecule has 8 nitrogen and oxygen atoms in total. The zero-order valence-electron chi connectivity index (χ0n) is 19.0. The Labute approximate surface area is 196 Å². The Hall–Kier alpha value is -4.06. The van der Waals surface area contributed by atoms with Crippen LogP contribution in [0.2, 0.25) is 0 Å². The van der Waals surface area contributed by atoms with E-state index in [0.29, 0.717) is 17.0 Å². The molecule has 0 unspecified atom stereocenters. The molecule has 0 bridgehead atoms. The number of rotatable bonds is 5. The van der Waals surface area contributed by atoms with Crippen LogP contribution in [0.15, 0.2) is 36.8 Å². The molecule has 1 aliphatic carbocycles. The van der Waals surface area contributed by atoms with Gasteiger partial charge < -0.3 is 9.88 Å². The molecule has 3 aromatic heterocycles. The van der Waals surface area contributed by atoms with E-state index in [0.717, 1.165) is 29.7 Å². The highest BCUT2D eigenvalue weighted by Crippen LogP contribution is 2.35. The first kappa shape index (κ1) is 21.8. The van der Waals surface area contributed by atoms with Crippen molar-refractivity contribution in [3.8, 4) is 17.2 Å². The fourth-order valence-electron chi connectivity index (χ4n) is 4.78. The first-order valence-corrected chi connectivity index (χ1v) is 11.3. The van der Waals surface area contributed by atoms with Gasteiger partial charge in [-0.15, -0.1) is 0 Å². The van der Waals surface area contributed by atoms with Crippen LogP contribution in [0.25, 0.3) is 22.2 Å². The largest absolute Gasteiger partial charge is 0.346 e. The van der Waals surface area contributed by atoms with E-state index in [4.69, 9.17) is 4.98 Å². The number of hydrogen-bond donors (Lipinski definition) is 1. The number of aryl methyl sites for hydroxylation is 2. The molecule has 1 amide bonds. The minimum atomic E-state index is -0.648. The zero-order valence-corrected chi connectivity index (χ0v) is 19.0. The maximum Gasteiger partial charge on any atom is 0.272 e. The van der Waals surface area contributed by atoms with Gasteiger partial charge in [0.1, 0.15) is 17.7 Å². The lowest BCUT2D eigenvalue weighted by molar-refractivity contribution is 0.0947. The van der Waals surface area contributed by atoms with Crippen LogP contribution in [0.5, 0.6) is 0 Å². The number of nitriles is 1. The summed E-state index contributed by atoms with van der Waals surface area (Å²) >= 11 is 0. The van der Waals surface area contributed by atoms with Crippen LogP contribution in [-0.2, 0) is 20.6 Å². The number of carbonyl (C=O) groups excluding carboxylic acids is 1. The van der Waals surface area contributed by atoms with Gasteiger partial charge in [0.05, 0.1) is 22.8 Å². The minimum Gasteiger partial charge on any atom is -0.346 e. The molecule has 0 saturated heterocycles. The second-order valence-corrected chi connectivity index (χ2v) is 8.73. The number of pyridine rings is 1. The molecular weight excluding hydrogens is 433 g/mol. The van der Waals surface area contributed by atoms with E-state index in [1.54, 1.807) is 42.5 Å². The van der Waals surface area contributed by atoms with Crippen molar-refractivity contribution < 1.29 is 9.18 Å². The topological polar surface area (TPSA) is 101 Å². The fourth-order valence-corrected chi connectivity index (χ4v) is 4.78. The number of aromatic nitrogens is 5. The van der Waals surface area contributed by atoms with E-state index in [9.17, 15) is 14.4 Å². The van der Waals surface area contributed by atoms with Gasteiger partial charge in [-0.1, -0.05) is 12.8 Å². The van der Waals surface area contributed by atoms with Crippen molar-refractivity contribution in [2.45, 2.75) is 38.1 Å². The molecule has 172 valence electrons. The Balaban J connectivity index is 1.44. The summed E-state index contributed by atoms with van der Waals surface area (Å²) in [7, 11) is 3.70. The highest BCUT2D eigenvalue weighted by molar-refractivity contribution is 6.03. The predicted octanol–water partition coefficient (Wildman–Crippen LogP) is 3.97. The van der Waals surface area contributed by atoms with Crippen LogP contribution in [0.1, 0.15) is 59.0 Å². The number of carbonyl (C=O) groups is 1. The van der Waals surface area contributed by atoms with Crippen LogP contribution >= 0.6 is 0 Å². The summed E-state index contributed by atoms with van der Waals surface area (Å²) in [6.07, 6.45) is 9.57. The van der Waals surface area contributed by atoms with E-state index in [1.165, 1.54) is 18.9 Å². The van der Waals surface area contributed by atoms with Gasteiger partial charge in [0, 0.05) is 50.1 Å². The van der Waals surface area contributed by atoms with Crippen molar-refractivity contribution >= 4 is 16.9 Å². The number of nitrogens with zero attached hydrogens (tertiary/aromatic N) is 6. The normalized spacial score (nSPS) is 13.9. The standard InChI is InChI=1S/C25H24FN7O/c1-32-14-19(13-30-32)16-9-17(11-27)21(26)18(10-16)12-29-25(34)22-23-20(7-8-28-22)31-24(33(23)2)15-5-3-4-6-15/h7-10,13-15H,3-6,12H2,1-2H3,(H,29,34). The highest BCUT2D eigenvalue weighted by Gasteiger charge is 2.25. The molecule has 5 rings (SSSR count). The Bertz CT molecular complexity index is 1440. The van der Waals surface area contributed by atoms with Crippen LogP contribution in [0.3, 0.4) is 0 Å². The number of amides is 1. The van der Waals surface area contributed by atoms with Gasteiger partial charge in [0.2, 0.25) is 0 Å². The number of fused-ring (bicyclic) bond motifs is 1. The summed E-state index contributed by atoms with van der Waals surface area (Å²) in [5.41, 5.74) is 3.19. The first-order valence-electron chi connectivity index (χ1n) is 11.3. The summed E-state index contributed by atoms with van der Waals surface area (Å²) in [4.78, 5) is 22.2. The van der Waals surface area contributed by atoms with Crippen molar-refractivity contribution in [3.05, 3.63) is 65.3 Å². The van der Waals surface area contributed by atoms with Gasteiger partial charge in [-0.05, 0) is 36.6 Å². The van der Waals surface area contributed by atoms with E-state index in [-0.39, 0.29) is 23.4 Å². The first-order chi connectivity index (χ1) is 16.5. The van der Waals surface area contributed by atoms with Crippen LogP contribution in [0.4, 0.5) is 4.39 Å². The summed E-state index contributed by atoms with van der Waals surface area (Å²) in [6.45, 7) is -0.0845. The molecular formula is C25H24FN7O. The van der Waals surface area contributed by atoms with Crippen molar-refractivity contribution in [2.24, 2.45) is 14.1 Å². The van der Waals surface area contributed by atoms with E-state index < -0.39 is 11.7 Å². The number of nitrogens with one attached hydrogen (secondary N) is 1. The molecule has 0 atom stereocenters. The quantitative estimate of drug-likeness (QED) is 0.489. The molecule has 4 aromatic rings. The molecule has 34 heavy (non-hydrogen) atoms. The molecule has 1 saturated carbocycles.